The van der Waals surface area contributed by atoms with E-state index in [1.807, 2.05) is 0 Å². The van der Waals surface area contributed by atoms with Crippen LogP contribution in [-0.2, 0) is 4.74 Å². The van der Waals surface area contributed by atoms with Crippen molar-refractivity contribution in [3.05, 3.63) is 0 Å². The van der Waals surface area contributed by atoms with Gasteiger partial charge in [0.25, 0.3) is 0 Å². The number of ether oxygens (including phenoxy) is 1. The first kappa shape index (κ1) is 9.92. The molecule has 62 valence electrons. The number of nitrogens with one attached hydrogen (secondary N) is 1. The van der Waals surface area contributed by atoms with Crippen molar-refractivity contribution < 1.29 is 4.74 Å². The maximum Gasteiger partial charge on any atom is 0.0667 e. The van der Waals surface area contributed by atoms with Gasteiger partial charge in [0, 0.05) is 19.7 Å². The second-order valence-corrected chi connectivity index (χ2v) is 2.76. The summed E-state index contributed by atoms with van der Waals surface area (Å²) < 4.78 is 5.08. The first-order valence-corrected chi connectivity index (χ1v) is 3.96. The first-order valence-electron chi connectivity index (χ1n) is 3.96. The Morgan fingerprint density at radius 3 is 2.40 bits per heavy atom. The van der Waals surface area contributed by atoms with E-state index in [1.54, 1.807) is 7.11 Å². The van der Waals surface area contributed by atoms with Gasteiger partial charge in [0.05, 0.1) is 6.10 Å². The van der Waals surface area contributed by atoms with Gasteiger partial charge in [0.1, 0.15) is 0 Å². The van der Waals surface area contributed by atoms with Crippen LogP contribution in [0.5, 0.6) is 0 Å². The summed E-state index contributed by atoms with van der Waals surface area (Å²) in [6, 6.07) is 0.609. The molecule has 0 aliphatic heterocycles. The lowest BCUT2D eigenvalue weighted by Gasteiger charge is -2.14. The molecular weight excluding hydrogens is 126 g/mol. The van der Waals surface area contributed by atoms with E-state index >= 15 is 0 Å². The van der Waals surface area contributed by atoms with E-state index in [2.05, 4.69) is 26.1 Å². The van der Waals surface area contributed by atoms with Gasteiger partial charge in [-0.2, -0.15) is 0 Å². The van der Waals surface area contributed by atoms with Crippen molar-refractivity contribution >= 4 is 0 Å². The lowest BCUT2D eigenvalue weighted by molar-refractivity contribution is 0.114. The molecule has 0 amide bonds. The summed E-state index contributed by atoms with van der Waals surface area (Å²) in [6.07, 6.45) is 1.50. The molecule has 0 aromatic heterocycles. The maximum absolute atomic E-state index is 5.08. The van der Waals surface area contributed by atoms with Gasteiger partial charge in [-0.15, -0.1) is 0 Å². The standard InChI is InChI=1S/C8H19NO/c1-5-7(2)9-6-8(3)10-4/h7-9H,5-6H2,1-4H3. The molecule has 2 nitrogen and oxygen atoms in total. The van der Waals surface area contributed by atoms with Crippen LogP contribution in [0.1, 0.15) is 27.2 Å². The van der Waals surface area contributed by atoms with E-state index in [0.29, 0.717) is 12.1 Å². The zero-order valence-corrected chi connectivity index (χ0v) is 7.48. The van der Waals surface area contributed by atoms with Crippen molar-refractivity contribution in [2.24, 2.45) is 0 Å². The Hall–Kier alpha value is -0.0800. The number of hydrogen-bond donors (Lipinski definition) is 1. The highest BCUT2D eigenvalue weighted by molar-refractivity contribution is 4.60. The van der Waals surface area contributed by atoms with Gasteiger partial charge in [-0.3, -0.25) is 0 Å². The average molecular weight is 145 g/mol. The molecule has 0 bridgehead atoms. The fourth-order valence-electron chi connectivity index (χ4n) is 0.595. The van der Waals surface area contributed by atoms with Gasteiger partial charge in [0.2, 0.25) is 0 Å². The normalized spacial score (nSPS) is 16.8. The summed E-state index contributed by atoms with van der Waals surface area (Å²) in [7, 11) is 1.74. The molecule has 10 heavy (non-hydrogen) atoms. The monoisotopic (exact) mass is 145 g/mol. The fourth-order valence-corrected chi connectivity index (χ4v) is 0.595. The summed E-state index contributed by atoms with van der Waals surface area (Å²) in [6.45, 7) is 7.37. The van der Waals surface area contributed by atoms with Crippen LogP contribution in [0.25, 0.3) is 0 Å². The zero-order chi connectivity index (χ0) is 7.98. The Kier molecular flexibility index (Phi) is 5.64. The third kappa shape index (κ3) is 4.77. The van der Waals surface area contributed by atoms with Gasteiger partial charge < -0.3 is 10.1 Å². The van der Waals surface area contributed by atoms with Gasteiger partial charge in [-0.25, -0.2) is 0 Å². The van der Waals surface area contributed by atoms with Gasteiger partial charge in [-0.1, -0.05) is 6.92 Å². The van der Waals surface area contributed by atoms with Crippen LogP contribution in [0.4, 0.5) is 0 Å². The predicted molar refractivity (Wildman–Crippen MR) is 44.2 cm³/mol. The molecule has 0 radical (unpaired) electrons. The van der Waals surface area contributed by atoms with Crippen molar-refractivity contribution in [1.29, 1.82) is 0 Å². The van der Waals surface area contributed by atoms with E-state index in [4.69, 9.17) is 4.74 Å². The highest BCUT2D eigenvalue weighted by Crippen LogP contribution is 1.90. The lowest BCUT2D eigenvalue weighted by Crippen LogP contribution is -2.32. The molecule has 0 rings (SSSR count). The second-order valence-electron chi connectivity index (χ2n) is 2.76. The van der Waals surface area contributed by atoms with Crippen LogP contribution in [-0.4, -0.2) is 25.8 Å². The number of hydrogen-bond acceptors (Lipinski definition) is 2. The Bertz CT molecular complexity index is 65.7. The Morgan fingerprint density at radius 1 is 1.40 bits per heavy atom. The largest absolute Gasteiger partial charge is 0.380 e. The molecule has 0 aliphatic carbocycles. The lowest BCUT2D eigenvalue weighted by atomic mass is 10.2. The van der Waals surface area contributed by atoms with Crippen molar-refractivity contribution in [1.82, 2.24) is 5.32 Å². The third-order valence-corrected chi connectivity index (χ3v) is 1.77. The topological polar surface area (TPSA) is 21.3 Å². The van der Waals surface area contributed by atoms with E-state index in [9.17, 15) is 0 Å². The van der Waals surface area contributed by atoms with Crippen molar-refractivity contribution in [3.8, 4) is 0 Å². The molecule has 0 saturated carbocycles. The highest BCUT2D eigenvalue weighted by Gasteiger charge is 2.00. The van der Waals surface area contributed by atoms with E-state index in [0.717, 1.165) is 6.54 Å². The zero-order valence-electron chi connectivity index (χ0n) is 7.48. The molecule has 2 heteroatoms. The van der Waals surface area contributed by atoms with Gasteiger partial charge in [-0.05, 0) is 20.3 Å². The molecule has 0 aliphatic rings. The fraction of sp³-hybridized carbons (Fsp3) is 1.00. The first-order chi connectivity index (χ1) is 4.70. The van der Waals surface area contributed by atoms with Crippen molar-refractivity contribution in [3.63, 3.8) is 0 Å². The smallest absolute Gasteiger partial charge is 0.0667 e. The molecular formula is C8H19NO. The molecule has 0 aromatic carbocycles. The maximum atomic E-state index is 5.08. The summed E-state index contributed by atoms with van der Waals surface area (Å²) in [4.78, 5) is 0. The van der Waals surface area contributed by atoms with Crippen LogP contribution in [0.2, 0.25) is 0 Å². The molecule has 1 N–H and O–H groups in total. The highest BCUT2D eigenvalue weighted by atomic mass is 16.5. The molecule has 2 atom stereocenters. The Morgan fingerprint density at radius 2 is 2.00 bits per heavy atom. The summed E-state index contributed by atoms with van der Waals surface area (Å²) >= 11 is 0. The van der Waals surface area contributed by atoms with Crippen LogP contribution >= 0.6 is 0 Å². The van der Waals surface area contributed by atoms with Crippen LogP contribution in [0, 0.1) is 0 Å². The average Bonchev–Trinajstić information content (AvgIpc) is 1.99. The third-order valence-electron chi connectivity index (χ3n) is 1.77. The summed E-state index contributed by atoms with van der Waals surface area (Å²) in [5, 5.41) is 3.36. The number of methoxy groups -OCH3 is 1. The van der Waals surface area contributed by atoms with E-state index in [-0.39, 0.29) is 0 Å². The second kappa shape index (κ2) is 5.69. The molecule has 0 aromatic rings. The Balaban J connectivity index is 3.17. The van der Waals surface area contributed by atoms with Crippen LogP contribution in [0.3, 0.4) is 0 Å². The summed E-state index contributed by atoms with van der Waals surface area (Å²) in [5.41, 5.74) is 0. The molecule has 0 spiro atoms. The van der Waals surface area contributed by atoms with E-state index < -0.39 is 0 Å². The summed E-state index contributed by atoms with van der Waals surface area (Å²) in [5.74, 6) is 0. The minimum absolute atomic E-state index is 0.328. The van der Waals surface area contributed by atoms with Crippen molar-refractivity contribution in [2.45, 2.75) is 39.3 Å². The van der Waals surface area contributed by atoms with Gasteiger partial charge >= 0.3 is 0 Å². The minimum Gasteiger partial charge on any atom is -0.380 e. The quantitative estimate of drug-likeness (QED) is 0.631. The molecule has 2 unspecified atom stereocenters. The molecule has 0 fully saturated rings. The van der Waals surface area contributed by atoms with Crippen molar-refractivity contribution in [2.75, 3.05) is 13.7 Å². The van der Waals surface area contributed by atoms with E-state index in [1.165, 1.54) is 6.42 Å². The number of rotatable bonds is 5. The van der Waals surface area contributed by atoms with Crippen LogP contribution in [0.15, 0.2) is 0 Å². The molecule has 0 saturated heterocycles. The Labute approximate surface area is 64.0 Å². The van der Waals surface area contributed by atoms with Crippen LogP contribution < -0.4 is 5.32 Å². The molecule has 0 heterocycles. The van der Waals surface area contributed by atoms with Gasteiger partial charge in [0.15, 0.2) is 0 Å². The SMILES string of the molecule is CCC(C)NCC(C)OC. The minimum atomic E-state index is 0.328. The predicted octanol–water partition coefficient (Wildman–Crippen LogP) is 1.41.